The first-order valence-corrected chi connectivity index (χ1v) is 13.2. The second-order valence-electron chi connectivity index (χ2n) is 11.1. The number of rotatable bonds is 6. The molecule has 4 amide bonds. The van der Waals surface area contributed by atoms with Gasteiger partial charge in [0, 0.05) is 44.6 Å². The fourth-order valence-electron chi connectivity index (χ4n) is 5.49. The molecule has 2 aromatic rings. The maximum absolute atomic E-state index is 13.7. The molecule has 1 spiro atoms. The highest BCUT2D eigenvalue weighted by molar-refractivity contribution is 7.11. The minimum Gasteiger partial charge on any atom is -0.357 e. The van der Waals surface area contributed by atoms with Crippen LogP contribution in [-0.2, 0) is 14.4 Å². The topological polar surface area (TPSA) is 137 Å². The summed E-state index contributed by atoms with van der Waals surface area (Å²) in [6.45, 7) is 7.30. The molecule has 37 heavy (non-hydrogen) atoms. The Balaban J connectivity index is 1.37. The predicted octanol–water partition coefficient (Wildman–Crippen LogP) is 0.792. The van der Waals surface area contributed by atoms with Crippen molar-refractivity contribution in [2.24, 2.45) is 22.7 Å². The highest BCUT2D eigenvalue weighted by atomic mass is 32.1. The van der Waals surface area contributed by atoms with Crippen LogP contribution < -0.4 is 10.6 Å². The molecule has 1 saturated carbocycles. The largest absolute Gasteiger partial charge is 0.357 e. The Morgan fingerprint density at radius 1 is 1.08 bits per heavy atom. The molecular weight excluding hydrogens is 494 g/mol. The number of carbonyl (C=O) groups excluding carboxylic acids is 4. The zero-order valence-electron chi connectivity index (χ0n) is 21.4. The van der Waals surface area contributed by atoms with E-state index in [0.717, 1.165) is 6.42 Å². The van der Waals surface area contributed by atoms with E-state index in [0.29, 0.717) is 35.9 Å². The molecule has 3 aliphatic rings. The molecular formula is C25H31N7O4S. The number of hydrogen-bond acceptors (Lipinski definition) is 8. The van der Waals surface area contributed by atoms with Crippen molar-refractivity contribution < 1.29 is 19.2 Å². The van der Waals surface area contributed by atoms with E-state index in [1.54, 1.807) is 29.5 Å². The summed E-state index contributed by atoms with van der Waals surface area (Å²) >= 11 is 1.25. The molecule has 2 aromatic heterocycles. The molecule has 12 heteroatoms. The molecule has 196 valence electrons. The van der Waals surface area contributed by atoms with Crippen molar-refractivity contribution in [2.75, 3.05) is 33.2 Å². The van der Waals surface area contributed by atoms with Gasteiger partial charge in [-0.15, -0.1) is 11.3 Å². The lowest BCUT2D eigenvalue weighted by atomic mass is 9.70. The lowest BCUT2D eigenvalue weighted by Crippen LogP contribution is -2.64. The zero-order valence-corrected chi connectivity index (χ0v) is 22.2. The van der Waals surface area contributed by atoms with E-state index in [-0.39, 0.29) is 35.6 Å². The number of nitrogens with one attached hydrogen (secondary N) is 2. The number of likely N-dealkylation sites (N-methyl/N-ethyl adjacent to an activating group) is 1. The van der Waals surface area contributed by atoms with E-state index in [2.05, 4.69) is 39.7 Å². The SMILES string of the molecule is CNC(=O)C(NC(=O)[C@@H]1CN(C(=O)c2cncs2)CC12CN(C(=O)[C@H]1CC1(C)C)C2)c1ccc(C)nn1. The number of amides is 4. The van der Waals surface area contributed by atoms with Crippen molar-refractivity contribution in [1.82, 2.24) is 35.6 Å². The van der Waals surface area contributed by atoms with Gasteiger partial charge in [0.1, 0.15) is 4.88 Å². The van der Waals surface area contributed by atoms with Gasteiger partial charge in [0.15, 0.2) is 6.04 Å². The summed E-state index contributed by atoms with van der Waals surface area (Å²) in [5.41, 5.74) is 2.04. The first-order valence-electron chi connectivity index (χ1n) is 12.3. The van der Waals surface area contributed by atoms with Gasteiger partial charge in [-0.3, -0.25) is 24.2 Å². The van der Waals surface area contributed by atoms with Crippen molar-refractivity contribution in [1.29, 1.82) is 0 Å². The first-order chi connectivity index (χ1) is 17.5. The normalized spacial score (nSPS) is 23.8. The van der Waals surface area contributed by atoms with E-state index in [4.69, 9.17) is 0 Å². The third-order valence-corrected chi connectivity index (χ3v) is 8.70. The lowest BCUT2D eigenvalue weighted by Gasteiger charge is -2.50. The van der Waals surface area contributed by atoms with Crippen molar-refractivity contribution in [2.45, 2.75) is 33.2 Å². The Kier molecular flexibility index (Phi) is 6.25. The minimum absolute atomic E-state index is 0.00574. The summed E-state index contributed by atoms with van der Waals surface area (Å²) in [5.74, 6) is -1.43. The van der Waals surface area contributed by atoms with Crippen LogP contribution in [0.5, 0.6) is 0 Å². The van der Waals surface area contributed by atoms with Gasteiger partial charge in [-0.2, -0.15) is 10.2 Å². The van der Waals surface area contributed by atoms with Crippen molar-refractivity contribution in [3.05, 3.63) is 40.1 Å². The van der Waals surface area contributed by atoms with Gasteiger partial charge in [0.25, 0.3) is 5.91 Å². The monoisotopic (exact) mass is 525 g/mol. The molecule has 3 fully saturated rings. The number of aryl methyl sites for hydroxylation is 1. The summed E-state index contributed by atoms with van der Waals surface area (Å²) in [4.78, 5) is 60.5. The van der Waals surface area contributed by atoms with Crippen molar-refractivity contribution >= 4 is 35.0 Å². The number of hydrogen-bond donors (Lipinski definition) is 2. The van der Waals surface area contributed by atoms with Gasteiger partial charge >= 0.3 is 0 Å². The quantitative estimate of drug-likeness (QED) is 0.569. The summed E-state index contributed by atoms with van der Waals surface area (Å²) in [6.07, 6.45) is 2.39. The summed E-state index contributed by atoms with van der Waals surface area (Å²) in [6, 6.07) is 2.36. The summed E-state index contributed by atoms with van der Waals surface area (Å²) in [7, 11) is 1.49. The van der Waals surface area contributed by atoms with Crippen LogP contribution in [0.2, 0.25) is 0 Å². The van der Waals surface area contributed by atoms with E-state index in [1.165, 1.54) is 24.6 Å². The minimum atomic E-state index is -1.03. The van der Waals surface area contributed by atoms with Crippen LogP contribution in [0.3, 0.4) is 0 Å². The van der Waals surface area contributed by atoms with E-state index < -0.39 is 23.3 Å². The standard InChI is InChI=1S/C25H31N7O4S/c1-14-5-6-17(30-29-14)19(21(34)26-4)28-20(33)16-9-31(23(36)18-8-27-13-37-18)10-25(16)11-32(12-25)22(35)15-7-24(15,2)3/h5-6,8,13,15-16,19H,7,9-12H2,1-4H3,(H,26,34)(H,28,33)/t15-,16+,19?/m1/s1. The van der Waals surface area contributed by atoms with Crippen molar-refractivity contribution in [3.8, 4) is 0 Å². The Labute approximate surface area is 219 Å². The van der Waals surface area contributed by atoms with Crippen LogP contribution in [-0.4, -0.2) is 81.8 Å². The maximum Gasteiger partial charge on any atom is 0.265 e. The molecule has 3 atom stereocenters. The fourth-order valence-corrected chi connectivity index (χ4v) is 6.07. The van der Waals surface area contributed by atoms with Crippen LogP contribution in [0.25, 0.3) is 0 Å². The average Bonchev–Trinajstić information content (AvgIpc) is 3.24. The fraction of sp³-hybridized carbons (Fsp3) is 0.560. The third-order valence-electron chi connectivity index (χ3n) is 7.94. The van der Waals surface area contributed by atoms with E-state index in [9.17, 15) is 19.2 Å². The Morgan fingerprint density at radius 2 is 1.78 bits per heavy atom. The highest BCUT2D eigenvalue weighted by Crippen LogP contribution is 2.54. The molecule has 2 aliphatic heterocycles. The third kappa shape index (κ3) is 4.58. The number of likely N-dealkylation sites (tertiary alicyclic amines) is 2. The number of thiazole rings is 1. The second kappa shape index (κ2) is 9.16. The molecule has 1 unspecified atom stereocenters. The van der Waals surface area contributed by atoms with Crippen molar-refractivity contribution in [3.63, 3.8) is 0 Å². The summed E-state index contributed by atoms with van der Waals surface area (Å²) in [5, 5.41) is 13.5. The molecule has 5 rings (SSSR count). The maximum atomic E-state index is 13.7. The smallest absolute Gasteiger partial charge is 0.265 e. The molecule has 1 aliphatic carbocycles. The number of carbonyl (C=O) groups is 4. The van der Waals surface area contributed by atoms with Crippen LogP contribution in [0.15, 0.2) is 23.8 Å². The Morgan fingerprint density at radius 3 is 2.35 bits per heavy atom. The lowest BCUT2D eigenvalue weighted by molar-refractivity contribution is -0.151. The van der Waals surface area contributed by atoms with Crippen LogP contribution in [0.4, 0.5) is 0 Å². The highest BCUT2D eigenvalue weighted by Gasteiger charge is 2.62. The molecule has 4 heterocycles. The van der Waals surface area contributed by atoms with Crippen LogP contribution in [0, 0.1) is 29.6 Å². The molecule has 0 aromatic carbocycles. The molecule has 0 bridgehead atoms. The van der Waals surface area contributed by atoms with Crippen LogP contribution >= 0.6 is 11.3 Å². The van der Waals surface area contributed by atoms with E-state index >= 15 is 0 Å². The second-order valence-corrected chi connectivity index (χ2v) is 11.9. The average molecular weight is 526 g/mol. The summed E-state index contributed by atoms with van der Waals surface area (Å²) < 4.78 is 0. The van der Waals surface area contributed by atoms with Gasteiger partial charge in [-0.25, -0.2) is 0 Å². The number of nitrogens with zero attached hydrogens (tertiary/aromatic N) is 5. The van der Waals surface area contributed by atoms with Gasteiger partial charge < -0.3 is 20.4 Å². The Bertz CT molecular complexity index is 1220. The predicted molar refractivity (Wildman–Crippen MR) is 134 cm³/mol. The van der Waals surface area contributed by atoms with Gasteiger partial charge in [0.05, 0.1) is 29.0 Å². The molecule has 11 nitrogen and oxygen atoms in total. The molecule has 0 radical (unpaired) electrons. The van der Waals surface area contributed by atoms with Gasteiger partial charge in [-0.05, 0) is 30.9 Å². The first kappa shape index (κ1) is 25.2. The van der Waals surface area contributed by atoms with E-state index in [1.807, 2.05) is 4.90 Å². The molecule has 2 saturated heterocycles. The van der Waals surface area contributed by atoms with Crippen LogP contribution in [0.1, 0.15) is 47.4 Å². The molecule has 2 N–H and O–H groups in total. The Hall–Kier alpha value is -3.41. The zero-order chi connectivity index (χ0) is 26.5. The van der Waals surface area contributed by atoms with Gasteiger partial charge in [0.2, 0.25) is 17.7 Å². The number of aromatic nitrogens is 3. The van der Waals surface area contributed by atoms with Gasteiger partial charge in [-0.1, -0.05) is 13.8 Å².